The monoisotopic (exact) mass is 381 g/mol. The maximum atomic E-state index is 12.7. The highest BCUT2D eigenvalue weighted by atomic mass is 16.6. The second kappa shape index (κ2) is 7.18. The van der Waals surface area contributed by atoms with Crippen molar-refractivity contribution in [2.75, 3.05) is 38.2 Å². The summed E-state index contributed by atoms with van der Waals surface area (Å²) in [6.07, 6.45) is 1.63. The van der Waals surface area contributed by atoms with E-state index in [1.54, 1.807) is 60.7 Å². The molecule has 0 unspecified atom stereocenters. The van der Waals surface area contributed by atoms with Gasteiger partial charge in [0.1, 0.15) is 5.75 Å². The zero-order valence-electron chi connectivity index (χ0n) is 15.3. The summed E-state index contributed by atoms with van der Waals surface area (Å²) in [5, 5.41) is 11.6. The fourth-order valence-electron chi connectivity index (χ4n) is 3.39. The summed E-state index contributed by atoms with van der Waals surface area (Å²) in [7, 11) is 1.58. The van der Waals surface area contributed by atoms with Crippen molar-refractivity contribution in [1.82, 2.24) is 14.3 Å². The minimum Gasteiger partial charge on any atom is -0.497 e. The summed E-state index contributed by atoms with van der Waals surface area (Å²) in [6.45, 7) is 1.89. The summed E-state index contributed by atoms with van der Waals surface area (Å²) in [5.74, 6) is 0.922. The van der Waals surface area contributed by atoms with Crippen molar-refractivity contribution in [3.05, 3.63) is 64.3 Å². The fourth-order valence-corrected chi connectivity index (χ4v) is 3.39. The number of nitro groups is 1. The van der Waals surface area contributed by atoms with Crippen LogP contribution >= 0.6 is 0 Å². The van der Waals surface area contributed by atoms with Crippen LogP contribution < -0.4 is 9.64 Å². The van der Waals surface area contributed by atoms with Crippen LogP contribution in [0.2, 0.25) is 0 Å². The smallest absolute Gasteiger partial charge is 0.372 e. The molecule has 1 amide bonds. The Kier molecular flexibility index (Phi) is 4.56. The molecule has 0 bridgehead atoms. The number of pyridine rings is 1. The maximum absolute atomic E-state index is 12.7. The lowest BCUT2D eigenvalue weighted by Gasteiger charge is -2.34. The third kappa shape index (κ3) is 3.11. The van der Waals surface area contributed by atoms with Crippen LogP contribution in [0.25, 0.3) is 5.65 Å². The molecule has 0 spiro atoms. The van der Waals surface area contributed by atoms with Gasteiger partial charge in [-0.25, -0.2) is 0 Å². The number of hydrogen-bond acceptors (Lipinski definition) is 6. The van der Waals surface area contributed by atoms with Crippen molar-refractivity contribution in [1.29, 1.82) is 0 Å². The molecule has 1 aliphatic heterocycles. The zero-order chi connectivity index (χ0) is 19.7. The molecule has 0 saturated carbocycles. The van der Waals surface area contributed by atoms with Crippen LogP contribution in [0.1, 0.15) is 10.4 Å². The molecule has 4 rings (SSSR count). The van der Waals surface area contributed by atoms with Crippen molar-refractivity contribution in [3.63, 3.8) is 0 Å². The van der Waals surface area contributed by atoms with E-state index in [0.29, 0.717) is 49.0 Å². The van der Waals surface area contributed by atoms with Crippen LogP contribution in [0.4, 0.5) is 11.6 Å². The number of carbonyl (C=O) groups is 1. The van der Waals surface area contributed by atoms with Gasteiger partial charge >= 0.3 is 5.82 Å². The third-order valence-corrected chi connectivity index (χ3v) is 4.86. The highest BCUT2D eigenvalue weighted by Gasteiger charge is 2.30. The molecule has 1 saturated heterocycles. The van der Waals surface area contributed by atoms with Gasteiger partial charge in [0.2, 0.25) is 11.5 Å². The van der Waals surface area contributed by atoms with Crippen molar-refractivity contribution < 1.29 is 14.5 Å². The van der Waals surface area contributed by atoms with Gasteiger partial charge in [-0.1, -0.05) is 6.07 Å². The summed E-state index contributed by atoms with van der Waals surface area (Å²) in [4.78, 5) is 31.9. The lowest BCUT2D eigenvalue weighted by molar-refractivity contribution is -0.389. The molecule has 1 aromatic carbocycles. The van der Waals surface area contributed by atoms with E-state index in [2.05, 4.69) is 4.98 Å². The Hall–Kier alpha value is -3.62. The quantitative estimate of drug-likeness (QED) is 0.508. The van der Waals surface area contributed by atoms with Crippen LogP contribution in [0, 0.1) is 10.1 Å². The largest absolute Gasteiger partial charge is 0.497 e. The summed E-state index contributed by atoms with van der Waals surface area (Å²) >= 11 is 0. The van der Waals surface area contributed by atoms with E-state index in [1.807, 2.05) is 4.90 Å². The van der Waals surface area contributed by atoms with Gasteiger partial charge in [0.25, 0.3) is 5.91 Å². The molecule has 28 heavy (non-hydrogen) atoms. The molecule has 3 aromatic rings. The summed E-state index contributed by atoms with van der Waals surface area (Å²) in [5.41, 5.74) is 1.12. The van der Waals surface area contributed by atoms with Gasteiger partial charge < -0.3 is 24.7 Å². The molecular weight excluding hydrogens is 362 g/mol. The van der Waals surface area contributed by atoms with E-state index in [0.717, 1.165) is 0 Å². The van der Waals surface area contributed by atoms with Crippen LogP contribution in [-0.4, -0.2) is 58.4 Å². The van der Waals surface area contributed by atoms with Crippen LogP contribution in [0.3, 0.4) is 0 Å². The van der Waals surface area contributed by atoms with Crippen molar-refractivity contribution in [2.45, 2.75) is 0 Å². The first-order valence-electron chi connectivity index (χ1n) is 8.88. The molecule has 1 fully saturated rings. The zero-order valence-corrected chi connectivity index (χ0v) is 15.3. The number of rotatable bonds is 4. The normalized spacial score (nSPS) is 14.3. The Bertz CT molecular complexity index is 1020. The summed E-state index contributed by atoms with van der Waals surface area (Å²) < 4.78 is 6.59. The molecule has 1 aliphatic rings. The molecule has 144 valence electrons. The lowest BCUT2D eigenvalue weighted by atomic mass is 10.1. The van der Waals surface area contributed by atoms with E-state index in [-0.39, 0.29) is 11.7 Å². The van der Waals surface area contributed by atoms with E-state index in [9.17, 15) is 14.9 Å². The SMILES string of the molecule is COc1ccc(C(=O)N2CCN(c3nc4ccccn4c3[N+](=O)[O-])CC2)cc1. The first kappa shape index (κ1) is 17.8. The molecular formula is C19H19N5O4. The van der Waals surface area contributed by atoms with E-state index in [1.165, 1.54) is 4.40 Å². The highest BCUT2D eigenvalue weighted by molar-refractivity contribution is 5.94. The maximum Gasteiger partial charge on any atom is 0.372 e. The van der Waals surface area contributed by atoms with E-state index < -0.39 is 4.92 Å². The number of carbonyl (C=O) groups excluding carboxylic acids is 1. The van der Waals surface area contributed by atoms with Gasteiger partial charge in [0.05, 0.1) is 13.3 Å². The number of hydrogen-bond donors (Lipinski definition) is 0. The Morgan fingerprint density at radius 3 is 2.46 bits per heavy atom. The molecule has 0 radical (unpaired) electrons. The fraction of sp³-hybridized carbons (Fsp3) is 0.263. The number of aromatic nitrogens is 2. The number of imidazole rings is 1. The predicted octanol–water partition coefficient (Wildman–Crippen LogP) is 2.21. The Morgan fingerprint density at radius 1 is 1.11 bits per heavy atom. The number of anilines is 1. The minimum absolute atomic E-state index is 0.0504. The second-order valence-electron chi connectivity index (χ2n) is 6.45. The highest BCUT2D eigenvalue weighted by Crippen LogP contribution is 2.29. The van der Waals surface area contributed by atoms with Crippen molar-refractivity contribution in [2.24, 2.45) is 0 Å². The first-order chi connectivity index (χ1) is 13.6. The molecule has 0 atom stereocenters. The van der Waals surface area contributed by atoms with Crippen molar-refractivity contribution >= 4 is 23.2 Å². The van der Waals surface area contributed by atoms with Gasteiger partial charge in [0, 0.05) is 37.8 Å². The Morgan fingerprint density at radius 2 is 1.82 bits per heavy atom. The third-order valence-electron chi connectivity index (χ3n) is 4.86. The first-order valence-corrected chi connectivity index (χ1v) is 8.88. The van der Waals surface area contributed by atoms with Gasteiger partial charge in [-0.2, -0.15) is 9.38 Å². The van der Waals surface area contributed by atoms with Gasteiger partial charge in [-0.3, -0.25) is 4.79 Å². The lowest BCUT2D eigenvalue weighted by Crippen LogP contribution is -2.49. The van der Waals surface area contributed by atoms with Gasteiger partial charge in [-0.05, 0) is 35.3 Å². The molecule has 2 aromatic heterocycles. The molecule has 9 nitrogen and oxygen atoms in total. The second-order valence-corrected chi connectivity index (χ2v) is 6.45. The number of nitrogens with zero attached hydrogens (tertiary/aromatic N) is 5. The number of fused-ring (bicyclic) bond motifs is 1. The Labute approximate surface area is 160 Å². The molecule has 3 heterocycles. The number of amides is 1. The molecule has 9 heteroatoms. The molecule has 0 aliphatic carbocycles. The van der Waals surface area contributed by atoms with Crippen LogP contribution in [0.5, 0.6) is 5.75 Å². The topological polar surface area (TPSA) is 93.2 Å². The van der Waals surface area contributed by atoms with Crippen LogP contribution in [-0.2, 0) is 0 Å². The summed E-state index contributed by atoms with van der Waals surface area (Å²) in [6, 6.07) is 12.2. The number of methoxy groups -OCH3 is 1. The van der Waals surface area contributed by atoms with Crippen molar-refractivity contribution in [3.8, 4) is 5.75 Å². The minimum atomic E-state index is -0.412. The molecule has 0 N–H and O–H groups in total. The van der Waals surface area contributed by atoms with Gasteiger partial charge in [-0.15, -0.1) is 0 Å². The number of benzene rings is 1. The average Bonchev–Trinajstić information content (AvgIpc) is 3.13. The number of ether oxygens (including phenoxy) is 1. The van der Waals surface area contributed by atoms with E-state index >= 15 is 0 Å². The Balaban J connectivity index is 1.51. The average molecular weight is 381 g/mol. The van der Waals surface area contributed by atoms with Crippen LogP contribution in [0.15, 0.2) is 48.7 Å². The van der Waals surface area contributed by atoms with Gasteiger partial charge in [0.15, 0.2) is 0 Å². The predicted molar refractivity (Wildman–Crippen MR) is 103 cm³/mol. The standard InChI is InChI=1S/C19H19N5O4/c1-28-15-7-5-14(6-8-15)19(25)22-12-10-21(11-13-22)17-18(24(26)27)23-9-3-2-4-16(23)20-17/h2-9H,10-13H2,1H3. The van der Waals surface area contributed by atoms with E-state index in [4.69, 9.17) is 4.74 Å². The number of piperazine rings is 1.